The fraction of sp³-hybridized carbons (Fsp3) is 0.111. The molecule has 0 fully saturated rings. The average Bonchev–Trinajstić information content (AvgIpc) is 3.20. The Balaban J connectivity index is 1.51. The van der Waals surface area contributed by atoms with Gasteiger partial charge in [-0.3, -0.25) is 14.9 Å². The maximum absolute atomic E-state index is 12.2. The van der Waals surface area contributed by atoms with E-state index in [1.165, 1.54) is 6.07 Å². The van der Waals surface area contributed by atoms with Crippen LogP contribution in [0.25, 0.3) is 5.69 Å². The molecule has 1 aromatic heterocycles. The molecular formula is C18H17N5O3. The summed E-state index contributed by atoms with van der Waals surface area (Å²) in [5, 5.41) is 20.8. The lowest BCUT2D eigenvalue weighted by Crippen LogP contribution is -2.28. The lowest BCUT2D eigenvalue weighted by molar-refractivity contribution is -0.384. The first-order valence-electron chi connectivity index (χ1n) is 8.01. The van der Waals surface area contributed by atoms with E-state index in [1.807, 2.05) is 24.4 Å². The lowest BCUT2D eigenvalue weighted by atomic mass is 10.2. The van der Waals surface area contributed by atoms with Gasteiger partial charge < -0.3 is 10.6 Å². The molecule has 3 rings (SSSR count). The van der Waals surface area contributed by atoms with Gasteiger partial charge in [0.25, 0.3) is 11.6 Å². The van der Waals surface area contributed by atoms with E-state index >= 15 is 0 Å². The van der Waals surface area contributed by atoms with Gasteiger partial charge in [-0.25, -0.2) is 4.68 Å². The summed E-state index contributed by atoms with van der Waals surface area (Å²) in [6, 6.07) is 15.3. The van der Waals surface area contributed by atoms with Gasteiger partial charge in [0.1, 0.15) is 5.69 Å². The molecule has 2 aromatic carbocycles. The highest BCUT2D eigenvalue weighted by Gasteiger charge is 2.11. The smallest absolute Gasteiger partial charge is 0.292 e. The molecule has 1 heterocycles. The van der Waals surface area contributed by atoms with Crippen molar-refractivity contribution in [2.75, 3.05) is 18.4 Å². The van der Waals surface area contributed by atoms with E-state index in [1.54, 1.807) is 41.2 Å². The topological polar surface area (TPSA) is 102 Å². The molecular weight excluding hydrogens is 334 g/mol. The molecule has 0 spiro atoms. The normalized spacial score (nSPS) is 10.3. The first-order valence-corrected chi connectivity index (χ1v) is 8.01. The third-order valence-corrected chi connectivity index (χ3v) is 3.73. The second-order valence-electron chi connectivity index (χ2n) is 5.45. The predicted molar refractivity (Wildman–Crippen MR) is 97.5 cm³/mol. The van der Waals surface area contributed by atoms with Crippen molar-refractivity contribution in [2.45, 2.75) is 0 Å². The Morgan fingerprint density at radius 2 is 1.85 bits per heavy atom. The minimum Gasteiger partial charge on any atom is -0.378 e. The minimum absolute atomic E-state index is 0.00744. The highest BCUT2D eigenvalue weighted by atomic mass is 16.6. The monoisotopic (exact) mass is 351 g/mol. The van der Waals surface area contributed by atoms with Gasteiger partial charge in [0.2, 0.25) is 0 Å². The molecule has 3 aromatic rings. The first-order chi connectivity index (χ1) is 12.6. The van der Waals surface area contributed by atoms with Gasteiger partial charge in [0.15, 0.2) is 0 Å². The van der Waals surface area contributed by atoms with Gasteiger partial charge in [0.05, 0.1) is 10.6 Å². The number of carbonyl (C=O) groups excluding carboxylic acids is 1. The van der Waals surface area contributed by atoms with Gasteiger partial charge in [-0.05, 0) is 36.4 Å². The number of nitro groups is 1. The fourth-order valence-corrected chi connectivity index (χ4v) is 2.44. The number of aromatic nitrogens is 2. The van der Waals surface area contributed by atoms with Crippen LogP contribution in [0, 0.1) is 10.1 Å². The van der Waals surface area contributed by atoms with Crippen LogP contribution in [0.3, 0.4) is 0 Å². The number of para-hydroxylation sites is 2. The largest absolute Gasteiger partial charge is 0.378 e. The van der Waals surface area contributed by atoms with Crippen molar-refractivity contribution < 1.29 is 9.72 Å². The van der Waals surface area contributed by atoms with Gasteiger partial charge in [0, 0.05) is 37.1 Å². The Bertz CT molecular complexity index is 891. The second kappa shape index (κ2) is 7.93. The summed E-state index contributed by atoms with van der Waals surface area (Å²) in [6.45, 7) is 0.716. The third-order valence-electron chi connectivity index (χ3n) is 3.73. The number of nitrogens with one attached hydrogen (secondary N) is 2. The first kappa shape index (κ1) is 17.2. The molecule has 132 valence electrons. The SMILES string of the molecule is O=C(NCCNc1ccccc1[N+](=O)[O-])c1ccc(-n2cccn2)cc1. The van der Waals surface area contributed by atoms with Crippen LogP contribution in [-0.2, 0) is 0 Å². The summed E-state index contributed by atoms with van der Waals surface area (Å²) in [4.78, 5) is 22.7. The van der Waals surface area contributed by atoms with Crippen LogP contribution in [0.4, 0.5) is 11.4 Å². The van der Waals surface area contributed by atoms with Gasteiger partial charge in [-0.2, -0.15) is 5.10 Å². The summed E-state index contributed by atoms with van der Waals surface area (Å²) < 4.78 is 1.71. The number of hydrogen-bond donors (Lipinski definition) is 2. The van der Waals surface area contributed by atoms with Crippen molar-refractivity contribution in [3.05, 3.63) is 82.7 Å². The predicted octanol–water partition coefficient (Wildman–Crippen LogP) is 2.62. The third kappa shape index (κ3) is 4.04. The van der Waals surface area contributed by atoms with Crippen molar-refractivity contribution in [3.63, 3.8) is 0 Å². The van der Waals surface area contributed by atoms with Gasteiger partial charge >= 0.3 is 0 Å². The maximum Gasteiger partial charge on any atom is 0.292 e. The molecule has 26 heavy (non-hydrogen) atoms. The van der Waals surface area contributed by atoms with Gasteiger partial charge in [-0.15, -0.1) is 0 Å². The zero-order valence-corrected chi connectivity index (χ0v) is 13.8. The van der Waals surface area contributed by atoms with Crippen molar-refractivity contribution in [2.24, 2.45) is 0 Å². The van der Waals surface area contributed by atoms with Crippen LogP contribution in [0.15, 0.2) is 67.0 Å². The molecule has 0 atom stereocenters. The van der Waals surface area contributed by atoms with Crippen molar-refractivity contribution in [1.29, 1.82) is 0 Å². The Hall–Kier alpha value is -3.68. The Kier molecular flexibility index (Phi) is 5.23. The zero-order valence-electron chi connectivity index (χ0n) is 13.8. The standard InChI is InChI=1S/C18H17N5O3/c24-18(14-6-8-15(9-7-14)22-13-3-10-21-22)20-12-11-19-16-4-1-2-5-17(16)23(25)26/h1-10,13,19H,11-12H2,(H,20,24). The van der Waals surface area contributed by atoms with E-state index in [0.717, 1.165) is 5.69 Å². The Morgan fingerprint density at radius 3 is 2.54 bits per heavy atom. The second-order valence-corrected chi connectivity index (χ2v) is 5.45. The average molecular weight is 351 g/mol. The van der Waals surface area contributed by atoms with Crippen LogP contribution in [0.2, 0.25) is 0 Å². The lowest BCUT2D eigenvalue weighted by Gasteiger charge is -2.09. The molecule has 1 amide bonds. The molecule has 8 nitrogen and oxygen atoms in total. The molecule has 0 aliphatic rings. The van der Waals surface area contributed by atoms with E-state index in [2.05, 4.69) is 15.7 Å². The summed E-state index contributed by atoms with van der Waals surface area (Å²) in [7, 11) is 0. The van der Waals surface area contributed by atoms with Crippen molar-refractivity contribution in [3.8, 4) is 5.69 Å². The number of carbonyl (C=O) groups is 1. The van der Waals surface area contributed by atoms with Crippen LogP contribution in [-0.4, -0.2) is 33.7 Å². The summed E-state index contributed by atoms with van der Waals surface area (Å²) in [5.41, 5.74) is 1.83. The highest BCUT2D eigenvalue weighted by molar-refractivity contribution is 5.94. The fourth-order valence-electron chi connectivity index (χ4n) is 2.44. The number of nitrogens with zero attached hydrogens (tertiary/aromatic N) is 3. The van der Waals surface area contributed by atoms with Crippen LogP contribution < -0.4 is 10.6 Å². The summed E-state index contributed by atoms with van der Waals surface area (Å²) in [5.74, 6) is -0.207. The zero-order chi connectivity index (χ0) is 18.4. The van der Waals surface area contributed by atoms with E-state index < -0.39 is 4.92 Å². The van der Waals surface area contributed by atoms with E-state index in [4.69, 9.17) is 0 Å². The quantitative estimate of drug-likeness (QED) is 0.387. The molecule has 0 radical (unpaired) electrons. The molecule has 0 aliphatic carbocycles. The molecule has 2 N–H and O–H groups in total. The molecule has 0 saturated carbocycles. The number of anilines is 1. The Morgan fingerprint density at radius 1 is 1.08 bits per heavy atom. The van der Waals surface area contributed by atoms with Crippen LogP contribution in [0.5, 0.6) is 0 Å². The Labute approximate surface area is 149 Å². The van der Waals surface area contributed by atoms with Gasteiger partial charge in [-0.1, -0.05) is 12.1 Å². The number of amides is 1. The van der Waals surface area contributed by atoms with Crippen molar-refractivity contribution in [1.82, 2.24) is 15.1 Å². The number of nitro benzene ring substituents is 1. The molecule has 0 unspecified atom stereocenters. The van der Waals surface area contributed by atoms with E-state index in [9.17, 15) is 14.9 Å². The van der Waals surface area contributed by atoms with Crippen LogP contribution in [0.1, 0.15) is 10.4 Å². The number of benzene rings is 2. The summed E-state index contributed by atoms with van der Waals surface area (Å²) in [6.07, 6.45) is 3.51. The summed E-state index contributed by atoms with van der Waals surface area (Å²) >= 11 is 0. The maximum atomic E-state index is 12.2. The number of rotatable bonds is 7. The number of hydrogen-bond acceptors (Lipinski definition) is 5. The van der Waals surface area contributed by atoms with E-state index in [-0.39, 0.29) is 11.6 Å². The van der Waals surface area contributed by atoms with E-state index in [0.29, 0.717) is 24.3 Å². The molecule has 0 bridgehead atoms. The molecule has 0 saturated heterocycles. The highest BCUT2D eigenvalue weighted by Crippen LogP contribution is 2.22. The van der Waals surface area contributed by atoms with Crippen LogP contribution >= 0.6 is 0 Å². The molecule has 0 aliphatic heterocycles. The minimum atomic E-state index is -0.442. The van der Waals surface area contributed by atoms with Crippen molar-refractivity contribution >= 4 is 17.3 Å². The molecule has 8 heteroatoms.